The van der Waals surface area contributed by atoms with Gasteiger partial charge in [-0.3, -0.25) is 0 Å². The van der Waals surface area contributed by atoms with Gasteiger partial charge in [0.05, 0.1) is 31.1 Å². The molecule has 4 nitrogen and oxygen atoms in total. The molecule has 0 radical (unpaired) electrons. The van der Waals surface area contributed by atoms with Crippen LogP contribution in [0.5, 0.6) is 5.75 Å². The first-order valence-electron chi connectivity index (χ1n) is 5.57. The number of aliphatic hydroxyl groups is 1. The number of anilines is 2. The zero-order valence-corrected chi connectivity index (χ0v) is 9.52. The fourth-order valence-corrected chi connectivity index (χ4v) is 2.26. The molecule has 1 aliphatic rings. The van der Waals surface area contributed by atoms with E-state index < -0.39 is 0 Å². The molecule has 0 saturated carbocycles. The van der Waals surface area contributed by atoms with Crippen molar-refractivity contribution in [3.8, 4) is 5.75 Å². The van der Waals surface area contributed by atoms with Crippen LogP contribution in [0.15, 0.2) is 18.2 Å². The summed E-state index contributed by atoms with van der Waals surface area (Å²) in [4.78, 5) is 2.18. The first-order valence-corrected chi connectivity index (χ1v) is 5.57. The summed E-state index contributed by atoms with van der Waals surface area (Å²) in [5, 5.41) is 9.28. The van der Waals surface area contributed by atoms with Crippen LogP contribution in [0.25, 0.3) is 0 Å². The molecule has 88 valence electrons. The fourth-order valence-electron chi connectivity index (χ4n) is 2.26. The Labute approximate surface area is 95.6 Å². The molecule has 2 rings (SSSR count). The Morgan fingerprint density at radius 2 is 2.38 bits per heavy atom. The Kier molecular flexibility index (Phi) is 3.19. The van der Waals surface area contributed by atoms with E-state index in [0.717, 1.165) is 30.8 Å². The highest BCUT2D eigenvalue weighted by molar-refractivity contribution is 5.70. The van der Waals surface area contributed by atoms with Crippen LogP contribution in [0.1, 0.15) is 12.8 Å². The average molecular weight is 222 g/mol. The first kappa shape index (κ1) is 11.1. The Morgan fingerprint density at radius 3 is 3.00 bits per heavy atom. The minimum atomic E-state index is 0.186. The van der Waals surface area contributed by atoms with E-state index in [1.165, 1.54) is 0 Å². The van der Waals surface area contributed by atoms with Crippen LogP contribution in [-0.4, -0.2) is 31.4 Å². The van der Waals surface area contributed by atoms with E-state index in [1.54, 1.807) is 7.11 Å². The molecular formula is C12H18N2O2. The van der Waals surface area contributed by atoms with Crippen LogP contribution in [0.2, 0.25) is 0 Å². The number of rotatable bonds is 3. The lowest BCUT2D eigenvalue weighted by Gasteiger charge is -2.26. The average Bonchev–Trinajstić information content (AvgIpc) is 2.76. The van der Waals surface area contributed by atoms with Crippen molar-refractivity contribution >= 4 is 11.4 Å². The highest BCUT2D eigenvalue weighted by Gasteiger charge is 2.25. The van der Waals surface area contributed by atoms with Gasteiger partial charge in [0.2, 0.25) is 0 Å². The molecule has 1 fully saturated rings. The molecular weight excluding hydrogens is 204 g/mol. The monoisotopic (exact) mass is 222 g/mol. The van der Waals surface area contributed by atoms with Gasteiger partial charge in [0.1, 0.15) is 5.75 Å². The molecule has 1 aliphatic heterocycles. The summed E-state index contributed by atoms with van der Waals surface area (Å²) in [6.07, 6.45) is 2.14. The Balaban J connectivity index is 2.26. The van der Waals surface area contributed by atoms with Gasteiger partial charge in [-0.1, -0.05) is 0 Å². The van der Waals surface area contributed by atoms with Crippen LogP contribution in [-0.2, 0) is 0 Å². The van der Waals surface area contributed by atoms with E-state index in [0.29, 0.717) is 5.69 Å². The molecule has 3 N–H and O–H groups in total. The lowest BCUT2D eigenvalue weighted by Crippen LogP contribution is -2.32. The summed E-state index contributed by atoms with van der Waals surface area (Å²) in [5.74, 6) is 0.765. The van der Waals surface area contributed by atoms with Crippen molar-refractivity contribution in [2.24, 2.45) is 0 Å². The summed E-state index contributed by atoms with van der Waals surface area (Å²) in [7, 11) is 1.63. The standard InChI is InChI=1S/C12H18N2O2/c1-16-10-4-5-12(11(13)7-10)14-6-2-3-9(14)8-15/h4-5,7,9,15H,2-3,6,8,13H2,1H3. The van der Waals surface area contributed by atoms with Gasteiger partial charge in [0.25, 0.3) is 0 Å². The Morgan fingerprint density at radius 1 is 1.56 bits per heavy atom. The maximum absolute atomic E-state index is 9.28. The van der Waals surface area contributed by atoms with Gasteiger partial charge < -0.3 is 20.5 Å². The molecule has 1 unspecified atom stereocenters. The third kappa shape index (κ3) is 1.93. The maximum atomic E-state index is 9.28. The van der Waals surface area contributed by atoms with Gasteiger partial charge in [0, 0.05) is 12.6 Å². The summed E-state index contributed by atoms with van der Waals surface area (Å²) < 4.78 is 5.12. The zero-order valence-electron chi connectivity index (χ0n) is 9.52. The van der Waals surface area contributed by atoms with E-state index >= 15 is 0 Å². The lowest BCUT2D eigenvalue weighted by atomic mass is 10.2. The molecule has 1 aromatic rings. The molecule has 1 saturated heterocycles. The van der Waals surface area contributed by atoms with E-state index in [1.807, 2.05) is 18.2 Å². The molecule has 1 heterocycles. The molecule has 0 amide bonds. The number of ether oxygens (including phenoxy) is 1. The van der Waals surface area contributed by atoms with Crippen molar-refractivity contribution in [2.75, 3.05) is 30.9 Å². The van der Waals surface area contributed by atoms with Crippen LogP contribution >= 0.6 is 0 Å². The second kappa shape index (κ2) is 4.61. The number of nitrogens with two attached hydrogens (primary N) is 1. The highest BCUT2D eigenvalue weighted by atomic mass is 16.5. The number of aliphatic hydroxyl groups excluding tert-OH is 1. The molecule has 0 aromatic heterocycles. The molecule has 0 spiro atoms. The summed E-state index contributed by atoms with van der Waals surface area (Å²) in [5.41, 5.74) is 7.70. The lowest BCUT2D eigenvalue weighted by molar-refractivity contribution is 0.266. The van der Waals surface area contributed by atoms with Crippen molar-refractivity contribution in [1.29, 1.82) is 0 Å². The number of nitrogens with zero attached hydrogens (tertiary/aromatic N) is 1. The van der Waals surface area contributed by atoms with Crippen LogP contribution in [0, 0.1) is 0 Å². The van der Waals surface area contributed by atoms with E-state index in [2.05, 4.69) is 4.90 Å². The zero-order chi connectivity index (χ0) is 11.5. The number of methoxy groups -OCH3 is 1. The minimum Gasteiger partial charge on any atom is -0.497 e. The maximum Gasteiger partial charge on any atom is 0.121 e. The van der Waals surface area contributed by atoms with Crippen LogP contribution in [0.3, 0.4) is 0 Å². The van der Waals surface area contributed by atoms with Crippen molar-refractivity contribution in [3.63, 3.8) is 0 Å². The minimum absolute atomic E-state index is 0.186. The molecule has 0 bridgehead atoms. The Bertz CT molecular complexity index is 368. The van der Waals surface area contributed by atoms with Gasteiger partial charge in [0.15, 0.2) is 0 Å². The SMILES string of the molecule is COc1ccc(N2CCCC2CO)c(N)c1. The molecule has 0 aliphatic carbocycles. The van der Waals surface area contributed by atoms with Gasteiger partial charge in [-0.2, -0.15) is 0 Å². The largest absolute Gasteiger partial charge is 0.497 e. The quantitative estimate of drug-likeness (QED) is 0.755. The number of hydrogen-bond acceptors (Lipinski definition) is 4. The molecule has 4 heteroatoms. The summed E-state index contributed by atoms with van der Waals surface area (Å²) >= 11 is 0. The van der Waals surface area contributed by atoms with E-state index in [4.69, 9.17) is 10.5 Å². The van der Waals surface area contributed by atoms with Gasteiger partial charge >= 0.3 is 0 Å². The van der Waals surface area contributed by atoms with Crippen LogP contribution in [0.4, 0.5) is 11.4 Å². The van der Waals surface area contributed by atoms with E-state index in [9.17, 15) is 5.11 Å². The highest BCUT2D eigenvalue weighted by Crippen LogP contribution is 2.32. The Hall–Kier alpha value is -1.42. The second-order valence-corrected chi connectivity index (χ2v) is 4.10. The van der Waals surface area contributed by atoms with Gasteiger partial charge in [-0.25, -0.2) is 0 Å². The predicted octanol–water partition coefficient (Wildman–Crippen LogP) is 1.24. The number of hydrogen-bond donors (Lipinski definition) is 2. The van der Waals surface area contributed by atoms with E-state index in [-0.39, 0.29) is 12.6 Å². The normalized spacial score (nSPS) is 20.1. The first-order chi connectivity index (χ1) is 7.76. The number of nitrogen functional groups attached to an aromatic ring is 1. The topological polar surface area (TPSA) is 58.7 Å². The van der Waals surface area contributed by atoms with Crippen LogP contribution < -0.4 is 15.4 Å². The molecule has 1 aromatic carbocycles. The fraction of sp³-hybridized carbons (Fsp3) is 0.500. The van der Waals surface area contributed by atoms with Gasteiger partial charge in [-0.05, 0) is 25.0 Å². The molecule has 1 atom stereocenters. The third-order valence-corrected chi connectivity index (χ3v) is 3.13. The van der Waals surface area contributed by atoms with Gasteiger partial charge in [-0.15, -0.1) is 0 Å². The third-order valence-electron chi connectivity index (χ3n) is 3.13. The van der Waals surface area contributed by atoms with Crippen molar-refractivity contribution in [2.45, 2.75) is 18.9 Å². The van der Waals surface area contributed by atoms with Crippen molar-refractivity contribution in [1.82, 2.24) is 0 Å². The summed E-state index contributed by atoms with van der Waals surface area (Å²) in [6.45, 7) is 1.15. The smallest absolute Gasteiger partial charge is 0.121 e. The summed E-state index contributed by atoms with van der Waals surface area (Å²) in [6, 6.07) is 5.89. The predicted molar refractivity (Wildman–Crippen MR) is 64.9 cm³/mol. The molecule has 16 heavy (non-hydrogen) atoms. The van der Waals surface area contributed by atoms with Crippen molar-refractivity contribution < 1.29 is 9.84 Å². The van der Waals surface area contributed by atoms with Crippen molar-refractivity contribution in [3.05, 3.63) is 18.2 Å². The number of benzene rings is 1. The second-order valence-electron chi connectivity index (χ2n) is 4.10.